The molecule has 2 aliphatic carbocycles. The van der Waals surface area contributed by atoms with Gasteiger partial charge in [0.15, 0.2) is 11.4 Å². The van der Waals surface area contributed by atoms with E-state index >= 15 is 0 Å². The van der Waals surface area contributed by atoms with E-state index in [0.717, 1.165) is 56.4 Å². The molecular formula is C43H53F2N11O6. The number of anilines is 2. The normalized spacial score (nSPS) is 19.4. The Morgan fingerprint density at radius 3 is 2.61 bits per heavy atom. The maximum Gasteiger partial charge on any atom is 0.329 e. The van der Waals surface area contributed by atoms with Gasteiger partial charge in [0, 0.05) is 64.1 Å². The predicted octanol–water partition coefficient (Wildman–Crippen LogP) is 5.05. The number of ether oxygens (including phenoxy) is 1. The zero-order valence-corrected chi connectivity index (χ0v) is 34.9. The summed E-state index contributed by atoms with van der Waals surface area (Å²) in [5.41, 5.74) is 2.15. The summed E-state index contributed by atoms with van der Waals surface area (Å²) >= 11 is 0. The summed E-state index contributed by atoms with van der Waals surface area (Å²) in [5, 5.41) is 15.8. The molecule has 19 heteroatoms. The molecule has 62 heavy (non-hydrogen) atoms. The van der Waals surface area contributed by atoms with E-state index in [1.54, 1.807) is 30.1 Å². The Kier molecular flexibility index (Phi) is 13.2. The molecule has 1 aromatic carbocycles. The quantitative estimate of drug-likeness (QED) is 0.0639. The summed E-state index contributed by atoms with van der Waals surface area (Å²) in [6.45, 7) is 4.83. The van der Waals surface area contributed by atoms with Gasteiger partial charge in [0.25, 0.3) is 12.3 Å². The Balaban J connectivity index is 0.740. The third-order valence-corrected chi connectivity index (χ3v) is 12.0. The number of nitrogens with zero attached hydrogens (tertiary/aromatic N) is 7. The topological polar surface area (TPSA) is 195 Å². The highest BCUT2D eigenvalue weighted by atomic mass is 19.3. The Bertz CT molecular complexity index is 2450. The highest BCUT2D eigenvalue weighted by Gasteiger charge is 2.32. The Labute approximate surface area is 356 Å². The van der Waals surface area contributed by atoms with E-state index in [2.05, 4.69) is 48.3 Å². The Morgan fingerprint density at radius 2 is 1.84 bits per heavy atom. The molecule has 330 valence electrons. The van der Waals surface area contributed by atoms with Gasteiger partial charge in [0.05, 0.1) is 36.0 Å². The van der Waals surface area contributed by atoms with E-state index in [4.69, 9.17) is 9.15 Å². The molecule has 3 aliphatic rings. The first-order chi connectivity index (χ1) is 30.0. The predicted molar refractivity (Wildman–Crippen MR) is 226 cm³/mol. The van der Waals surface area contributed by atoms with Gasteiger partial charge in [-0.3, -0.25) is 33.5 Å². The second-order valence-electron chi connectivity index (χ2n) is 16.7. The van der Waals surface area contributed by atoms with E-state index in [-0.39, 0.29) is 41.3 Å². The van der Waals surface area contributed by atoms with Crippen molar-refractivity contribution < 1.29 is 32.3 Å². The first kappa shape index (κ1) is 42.9. The summed E-state index contributed by atoms with van der Waals surface area (Å²) in [5.74, 6) is 0.586. The first-order valence-corrected chi connectivity index (χ1v) is 21.4. The fourth-order valence-corrected chi connectivity index (χ4v) is 8.35. The van der Waals surface area contributed by atoms with Crippen molar-refractivity contribution in [2.24, 2.45) is 18.9 Å². The van der Waals surface area contributed by atoms with Crippen molar-refractivity contribution in [3.8, 4) is 11.5 Å². The number of imidazole rings is 1. The van der Waals surface area contributed by atoms with Crippen LogP contribution in [0.3, 0.4) is 0 Å². The molecule has 5 aromatic rings. The van der Waals surface area contributed by atoms with Crippen LogP contribution >= 0.6 is 0 Å². The van der Waals surface area contributed by atoms with E-state index in [0.29, 0.717) is 61.5 Å². The lowest BCUT2D eigenvalue weighted by Gasteiger charge is -2.31. The van der Waals surface area contributed by atoms with Gasteiger partial charge < -0.3 is 30.0 Å². The van der Waals surface area contributed by atoms with Crippen molar-refractivity contribution in [1.29, 1.82) is 0 Å². The second-order valence-corrected chi connectivity index (χ2v) is 16.7. The van der Waals surface area contributed by atoms with Gasteiger partial charge >= 0.3 is 5.69 Å². The summed E-state index contributed by atoms with van der Waals surface area (Å²) in [6, 6.07) is 8.46. The maximum absolute atomic E-state index is 14.1. The lowest BCUT2D eigenvalue weighted by molar-refractivity contribution is -0.135. The molecule has 1 atom stereocenters. The van der Waals surface area contributed by atoms with E-state index < -0.39 is 30.0 Å². The Morgan fingerprint density at radius 1 is 1.03 bits per heavy atom. The number of nitrogens with one attached hydrogen (secondary N) is 4. The second kappa shape index (κ2) is 19.1. The molecule has 3 fully saturated rings. The molecule has 4 aromatic heterocycles. The highest BCUT2D eigenvalue weighted by molar-refractivity contribution is 6.03. The number of imide groups is 1. The minimum absolute atomic E-state index is 0.0348. The molecule has 0 spiro atoms. The van der Waals surface area contributed by atoms with Gasteiger partial charge in [-0.25, -0.2) is 23.5 Å². The van der Waals surface area contributed by atoms with E-state index in [1.807, 2.05) is 18.2 Å². The number of hydrogen-bond donors (Lipinski definition) is 4. The number of piperidine rings is 1. The number of halogens is 2. The summed E-state index contributed by atoms with van der Waals surface area (Å²) in [6.07, 6.45) is 7.77. The minimum Gasteiger partial charge on any atom is -0.444 e. The van der Waals surface area contributed by atoms with Crippen LogP contribution in [0.2, 0.25) is 0 Å². The number of carbonyl (C=O) groups is 3. The van der Waals surface area contributed by atoms with Crippen molar-refractivity contribution in [2.45, 2.75) is 76.4 Å². The van der Waals surface area contributed by atoms with Crippen molar-refractivity contribution in [1.82, 2.24) is 44.4 Å². The SMILES string of the molecule is CN(CCOCCNCc1ccc2c(c1)n(C)c(=O)n2C1CCC(=O)NC1=O)CC1CCC(n2cc(NC(=O)c3coc(-c4ccnc(NCC5CC5)c4)n3)c(C(F)F)n2)CC1. The molecule has 1 unspecified atom stereocenters. The average molecular weight is 858 g/mol. The number of amides is 3. The van der Waals surface area contributed by atoms with Gasteiger partial charge in [-0.05, 0) is 93.7 Å². The lowest BCUT2D eigenvalue weighted by Crippen LogP contribution is -2.44. The number of likely N-dealkylation sites (N-methyl/N-ethyl adjacent to an activating group) is 1. The number of benzene rings is 1. The molecule has 3 amide bonds. The smallest absolute Gasteiger partial charge is 0.329 e. The Hall–Kier alpha value is -5.79. The largest absolute Gasteiger partial charge is 0.444 e. The number of aromatic nitrogens is 6. The molecule has 0 radical (unpaired) electrons. The number of hydrogen-bond acceptors (Lipinski definition) is 12. The molecule has 5 heterocycles. The van der Waals surface area contributed by atoms with Crippen LogP contribution in [0.4, 0.5) is 20.3 Å². The van der Waals surface area contributed by atoms with Crippen molar-refractivity contribution in [2.75, 3.05) is 57.1 Å². The average Bonchev–Trinajstić information content (AvgIpc) is 3.68. The molecular weight excluding hydrogens is 805 g/mol. The van der Waals surface area contributed by atoms with Gasteiger partial charge in [-0.2, -0.15) is 5.10 Å². The molecule has 8 rings (SSSR count). The zero-order valence-electron chi connectivity index (χ0n) is 34.9. The summed E-state index contributed by atoms with van der Waals surface area (Å²) in [7, 11) is 3.75. The van der Waals surface area contributed by atoms with Crippen LogP contribution in [-0.2, 0) is 27.9 Å². The van der Waals surface area contributed by atoms with Crippen LogP contribution in [0.1, 0.15) is 91.6 Å². The fraction of sp³-hybridized carbons (Fsp3) is 0.512. The highest BCUT2D eigenvalue weighted by Crippen LogP contribution is 2.35. The summed E-state index contributed by atoms with van der Waals surface area (Å²) < 4.78 is 44.3. The minimum atomic E-state index is -2.87. The number of alkyl halides is 2. The zero-order chi connectivity index (χ0) is 43.3. The maximum atomic E-state index is 14.1. The number of oxazole rings is 1. The first-order valence-electron chi connectivity index (χ1n) is 21.4. The standard InChI is InChI=1S/C43H53F2N11O6/c1-53(16-18-61-17-15-46-21-28-7-10-33-35(19-28)54(2)43(60)56(33)34-11-12-37(57)51-41(34)59)23-27-5-8-30(9-6-27)55-24-31(38(52-55)39(44)45)49-40(58)32-25-62-42(50-32)29-13-14-47-36(20-29)48-22-26-3-4-26/h7,10,13-14,19-20,24-27,30,34,39,46H,3-6,8-9,11-12,15-18,21-23H2,1-2H3,(H,47,48)(H,49,58)(H,51,57,59). The third kappa shape index (κ3) is 10.1. The van der Waals surface area contributed by atoms with Crippen LogP contribution in [0, 0.1) is 11.8 Å². The van der Waals surface area contributed by atoms with Crippen molar-refractivity contribution in [3.05, 3.63) is 76.4 Å². The van der Waals surface area contributed by atoms with Gasteiger partial charge in [-0.1, -0.05) is 6.07 Å². The monoisotopic (exact) mass is 857 g/mol. The number of pyridine rings is 1. The van der Waals surface area contributed by atoms with Crippen LogP contribution in [0.15, 0.2) is 58.2 Å². The number of carbonyl (C=O) groups excluding carboxylic acids is 3. The fourth-order valence-electron chi connectivity index (χ4n) is 8.35. The van der Waals surface area contributed by atoms with E-state index in [1.165, 1.54) is 34.4 Å². The molecule has 1 saturated heterocycles. The van der Waals surface area contributed by atoms with Crippen LogP contribution in [0.5, 0.6) is 0 Å². The number of rotatable bonds is 19. The third-order valence-electron chi connectivity index (χ3n) is 12.0. The molecule has 2 saturated carbocycles. The molecule has 4 N–H and O–H groups in total. The lowest BCUT2D eigenvalue weighted by atomic mass is 9.86. The van der Waals surface area contributed by atoms with Crippen LogP contribution in [0.25, 0.3) is 22.5 Å². The van der Waals surface area contributed by atoms with Crippen LogP contribution < -0.4 is 27.0 Å². The van der Waals surface area contributed by atoms with Gasteiger partial charge in [0.2, 0.25) is 17.7 Å². The van der Waals surface area contributed by atoms with Gasteiger partial charge in [-0.15, -0.1) is 0 Å². The van der Waals surface area contributed by atoms with E-state index in [9.17, 15) is 28.0 Å². The molecule has 1 aliphatic heterocycles. The molecule has 0 bridgehead atoms. The van der Waals surface area contributed by atoms with Gasteiger partial charge in [0.1, 0.15) is 18.1 Å². The summed E-state index contributed by atoms with van der Waals surface area (Å²) in [4.78, 5) is 61.2. The van der Waals surface area contributed by atoms with Crippen molar-refractivity contribution in [3.63, 3.8) is 0 Å². The van der Waals surface area contributed by atoms with Crippen LogP contribution in [-0.4, -0.2) is 97.9 Å². The number of aryl methyl sites for hydroxylation is 1. The number of fused-ring (bicyclic) bond motifs is 1. The molecule has 17 nitrogen and oxygen atoms in total. The van der Waals surface area contributed by atoms with Crippen molar-refractivity contribution >= 4 is 40.3 Å².